The molecule has 1 aliphatic heterocycles. The van der Waals surface area contributed by atoms with E-state index in [0.29, 0.717) is 24.3 Å². The summed E-state index contributed by atoms with van der Waals surface area (Å²) in [6, 6.07) is 11.0. The molecule has 0 bridgehead atoms. The third-order valence-corrected chi connectivity index (χ3v) is 4.51. The van der Waals surface area contributed by atoms with Crippen molar-refractivity contribution in [1.29, 1.82) is 0 Å². The molecule has 1 aliphatic rings. The van der Waals surface area contributed by atoms with Crippen LogP contribution < -0.4 is 10.6 Å². The molecule has 0 radical (unpaired) electrons. The molecule has 1 aromatic heterocycles. The molecule has 0 amide bonds. The van der Waals surface area contributed by atoms with Gasteiger partial charge in [-0.2, -0.15) is 4.98 Å². The fourth-order valence-corrected chi connectivity index (χ4v) is 3.27. The van der Waals surface area contributed by atoms with Gasteiger partial charge < -0.3 is 15.2 Å². The Labute approximate surface area is 178 Å². The number of halogens is 1. The fourth-order valence-electron chi connectivity index (χ4n) is 3.27. The predicted molar refractivity (Wildman–Crippen MR) is 117 cm³/mol. The lowest BCUT2D eigenvalue weighted by atomic mass is 10.1. The zero-order valence-corrected chi connectivity index (χ0v) is 18.3. The molecule has 1 saturated heterocycles. The quantitative estimate of drug-likeness (QED) is 0.358. The highest BCUT2D eigenvalue weighted by molar-refractivity contribution is 14.0. The average molecular weight is 484 g/mol. The van der Waals surface area contributed by atoms with Crippen LogP contribution in [0.25, 0.3) is 0 Å². The van der Waals surface area contributed by atoms with E-state index in [1.54, 1.807) is 6.92 Å². The van der Waals surface area contributed by atoms with Gasteiger partial charge in [0.25, 0.3) is 0 Å². The van der Waals surface area contributed by atoms with Crippen LogP contribution in [0.4, 0.5) is 0 Å². The maximum Gasteiger partial charge on any atom is 0.248 e. The summed E-state index contributed by atoms with van der Waals surface area (Å²) in [4.78, 5) is 11.3. The standard InChI is InChI=1S/C19H28N6O.HI/c1-3-20-19(22-14-18-23-15(2)24-26-18)21-13-17(25-11-7-8-12-25)16-9-5-4-6-10-16;/h4-6,9-10,17H,3,7-8,11-14H2,1-2H3,(H2,20,21,22);1H. The molecule has 1 fully saturated rings. The number of aliphatic imine (C=N–C) groups is 1. The van der Waals surface area contributed by atoms with E-state index in [9.17, 15) is 0 Å². The number of hydrogen-bond acceptors (Lipinski definition) is 5. The maximum atomic E-state index is 5.14. The molecular formula is C19H29IN6O. The Balaban J connectivity index is 0.00000261. The van der Waals surface area contributed by atoms with Gasteiger partial charge in [-0.3, -0.25) is 4.90 Å². The van der Waals surface area contributed by atoms with E-state index in [2.05, 4.69) is 67.9 Å². The number of guanidine groups is 1. The molecule has 1 aromatic carbocycles. The zero-order chi connectivity index (χ0) is 18.2. The van der Waals surface area contributed by atoms with Crippen molar-refractivity contribution in [2.75, 3.05) is 26.2 Å². The van der Waals surface area contributed by atoms with Crippen molar-refractivity contribution in [3.63, 3.8) is 0 Å². The van der Waals surface area contributed by atoms with Gasteiger partial charge in [0, 0.05) is 13.1 Å². The largest absolute Gasteiger partial charge is 0.357 e. The van der Waals surface area contributed by atoms with E-state index < -0.39 is 0 Å². The number of aryl methyl sites for hydroxylation is 1. The first-order valence-electron chi connectivity index (χ1n) is 9.36. The first-order chi connectivity index (χ1) is 12.8. The Morgan fingerprint density at radius 2 is 1.96 bits per heavy atom. The van der Waals surface area contributed by atoms with Crippen molar-refractivity contribution in [2.45, 2.75) is 39.3 Å². The van der Waals surface area contributed by atoms with Gasteiger partial charge in [0.2, 0.25) is 5.89 Å². The molecule has 0 aliphatic carbocycles. The summed E-state index contributed by atoms with van der Waals surface area (Å²) in [6.07, 6.45) is 2.54. The van der Waals surface area contributed by atoms with Crippen LogP contribution in [-0.4, -0.2) is 47.2 Å². The minimum absolute atomic E-state index is 0. The lowest BCUT2D eigenvalue weighted by Crippen LogP contribution is -2.42. The van der Waals surface area contributed by atoms with Crippen molar-refractivity contribution in [2.24, 2.45) is 4.99 Å². The van der Waals surface area contributed by atoms with Crippen LogP contribution in [0.2, 0.25) is 0 Å². The number of nitrogens with zero attached hydrogens (tertiary/aromatic N) is 4. The lowest BCUT2D eigenvalue weighted by Gasteiger charge is -2.28. The van der Waals surface area contributed by atoms with E-state index in [0.717, 1.165) is 32.1 Å². The van der Waals surface area contributed by atoms with E-state index in [1.807, 2.05) is 0 Å². The highest BCUT2D eigenvalue weighted by Gasteiger charge is 2.23. The van der Waals surface area contributed by atoms with Gasteiger partial charge in [0.1, 0.15) is 6.54 Å². The summed E-state index contributed by atoms with van der Waals surface area (Å²) < 4.78 is 5.14. The predicted octanol–water partition coefficient (Wildman–Crippen LogP) is 2.89. The Kier molecular flexibility index (Phi) is 8.99. The minimum atomic E-state index is 0. The second kappa shape index (κ2) is 11.2. The van der Waals surface area contributed by atoms with Crippen LogP contribution >= 0.6 is 24.0 Å². The van der Waals surface area contributed by atoms with Gasteiger partial charge >= 0.3 is 0 Å². The molecule has 7 nitrogen and oxygen atoms in total. The molecule has 0 saturated carbocycles. The molecule has 2 heterocycles. The first-order valence-corrected chi connectivity index (χ1v) is 9.36. The molecule has 2 N–H and O–H groups in total. The Hall–Kier alpha value is -1.68. The van der Waals surface area contributed by atoms with Crippen molar-refractivity contribution < 1.29 is 4.52 Å². The molecule has 1 unspecified atom stereocenters. The van der Waals surface area contributed by atoms with Gasteiger partial charge in [-0.15, -0.1) is 24.0 Å². The zero-order valence-electron chi connectivity index (χ0n) is 16.0. The monoisotopic (exact) mass is 484 g/mol. The molecule has 0 spiro atoms. The van der Waals surface area contributed by atoms with Crippen LogP contribution in [0.5, 0.6) is 0 Å². The van der Waals surface area contributed by atoms with E-state index in [-0.39, 0.29) is 24.0 Å². The Bertz CT molecular complexity index is 699. The summed E-state index contributed by atoms with van der Waals surface area (Å²) in [5, 5.41) is 10.6. The summed E-state index contributed by atoms with van der Waals surface area (Å²) in [5.74, 6) is 1.92. The van der Waals surface area contributed by atoms with Gasteiger partial charge in [0.05, 0.1) is 6.04 Å². The van der Waals surface area contributed by atoms with Crippen molar-refractivity contribution in [3.05, 3.63) is 47.6 Å². The van der Waals surface area contributed by atoms with Crippen LogP contribution in [-0.2, 0) is 6.54 Å². The third kappa shape index (κ3) is 6.46. The van der Waals surface area contributed by atoms with Crippen LogP contribution in [0.15, 0.2) is 39.8 Å². The molecule has 8 heteroatoms. The summed E-state index contributed by atoms with van der Waals surface area (Å²) in [6.45, 7) is 8.14. The van der Waals surface area contributed by atoms with Gasteiger partial charge in [-0.05, 0) is 45.3 Å². The molecular weight excluding hydrogens is 455 g/mol. The van der Waals surface area contributed by atoms with Gasteiger partial charge in [-0.1, -0.05) is 35.5 Å². The first kappa shape index (κ1) is 21.6. The highest BCUT2D eigenvalue weighted by Crippen LogP contribution is 2.24. The molecule has 148 valence electrons. The number of benzene rings is 1. The Morgan fingerprint density at radius 1 is 1.22 bits per heavy atom. The second-order valence-electron chi connectivity index (χ2n) is 6.48. The SMILES string of the molecule is CCNC(=NCc1nc(C)no1)NCC(c1ccccc1)N1CCCC1.I. The number of aromatic nitrogens is 2. The van der Waals surface area contributed by atoms with E-state index in [1.165, 1.54) is 18.4 Å². The van der Waals surface area contributed by atoms with Gasteiger partial charge in [0.15, 0.2) is 11.8 Å². The van der Waals surface area contributed by atoms with Crippen LogP contribution in [0.1, 0.15) is 43.1 Å². The van der Waals surface area contributed by atoms with E-state index in [4.69, 9.17) is 4.52 Å². The lowest BCUT2D eigenvalue weighted by molar-refractivity contribution is 0.245. The number of hydrogen-bond donors (Lipinski definition) is 2. The fraction of sp³-hybridized carbons (Fsp3) is 0.526. The van der Waals surface area contributed by atoms with Crippen molar-refractivity contribution in [1.82, 2.24) is 25.7 Å². The van der Waals surface area contributed by atoms with Crippen LogP contribution in [0.3, 0.4) is 0 Å². The maximum absolute atomic E-state index is 5.14. The molecule has 2 aromatic rings. The normalized spacial score (nSPS) is 16.0. The summed E-state index contributed by atoms with van der Waals surface area (Å²) in [5.41, 5.74) is 1.34. The summed E-state index contributed by atoms with van der Waals surface area (Å²) >= 11 is 0. The van der Waals surface area contributed by atoms with Crippen LogP contribution in [0, 0.1) is 6.92 Å². The second-order valence-corrected chi connectivity index (χ2v) is 6.48. The molecule has 27 heavy (non-hydrogen) atoms. The summed E-state index contributed by atoms with van der Waals surface area (Å²) in [7, 11) is 0. The molecule has 1 atom stereocenters. The number of likely N-dealkylation sites (tertiary alicyclic amines) is 1. The topological polar surface area (TPSA) is 78.6 Å². The Morgan fingerprint density at radius 3 is 2.59 bits per heavy atom. The van der Waals surface area contributed by atoms with Crippen molar-refractivity contribution in [3.8, 4) is 0 Å². The number of nitrogens with one attached hydrogen (secondary N) is 2. The number of rotatable bonds is 7. The molecule has 3 rings (SSSR count). The third-order valence-electron chi connectivity index (χ3n) is 4.51. The highest BCUT2D eigenvalue weighted by atomic mass is 127. The minimum Gasteiger partial charge on any atom is -0.357 e. The smallest absolute Gasteiger partial charge is 0.248 e. The van der Waals surface area contributed by atoms with Gasteiger partial charge in [-0.25, -0.2) is 4.99 Å². The van der Waals surface area contributed by atoms with Crippen molar-refractivity contribution >= 4 is 29.9 Å². The average Bonchev–Trinajstić information content (AvgIpc) is 3.33. The van der Waals surface area contributed by atoms with E-state index >= 15 is 0 Å².